The average Bonchev–Trinajstić information content (AvgIpc) is 3.05. The lowest BCUT2D eigenvalue weighted by Crippen LogP contribution is -2.29. The maximum atomic E-state index is 12.5. The fourth-order valence-electron chi connectivity index (χ4n) is 3.93. The Morgan fingerprint density at radius 1 is 1.06 bits per heavy atom. The Bertz CT molecular complexity index is 1210. The molecule has 3 aromatic rings. The van der Waals surface area contributed by atoms with Crippen LogP contribution in [0.4, 0.5) is 4.79 Å². The van der Waals surface area contributed by atoms with Crippen molar-refractivity contribution in [2.75, 3.05) is 6.61 Å². The SMILES string of the molecule is C[C@H](NC(=O)OCC1c2ccccc2-c2ccccc21)c1ccc(S(N)(=O)=O)cc1Br. The molecule has 0 bridgehead atoms. The zero-order valence-electron chi connectivity index (χ0n) is 16.7. The minimum atomic E-state index is -3.80. The van der Waals surface area contributed by atoms with Crippen LogP contribution in [0.1, 0.15) is 35.6 Å². The molecule has 6 nitrogen and oxygen atoms in total. The predicted octanol–water partition coefficient (Wildman–Crippen LogP) is 4.70. The van der Waals surface area contributed by atoms with Crippen molar-refractivity contribution in [3.8, 4) is 11.1 Å². The highest BCUT2D eigenvalue weighted by Crippen LogP contribution is 2.44. The lowest BCUT2D eigenvalue weighted by atomic mass is 9.98. The number of carbonyl (C=O) groups is 1. The predicted molar refractivity (Wildman–Crippen MR) is 122 cm³/mol. The molecule has 8 heteroatoms. The second kappa shape index (κ2) is 8.45. The number of carbonyl (C=O) groups excluding carboxylic acids is 1. The van der Waals surface area contributed by atoms with E-state index >= 15 is 0 Å². The van der Waals surface area contributed by atoms with E-state index in [1.807, 2.05) is 24.3 Å². The molecule has 1 aliphatic carbocycles. The molecule has 1 aliphatic rings. The number of benzene rings is 3. The smallest absolute Gasteiger partial charge is 0.407 e. The minimum Gasteiger partial charge on any atom is -0.449 e. The first-order valence-corrected chi connectivity index (χ1v) is 12.0. The summed E-state index contributed by atoms with van der Waals surface area (Å²) in [5.41, 5.74) is 5.33. The summed E-state index contributed by atoms with van der Waals surface area (Å²) in [7, 11) is -3.80. The highest BCUT2D eigenvalue weighted by molar-refractivity contribution is 9.10. The van der Waals surface area contributed by atoms with E-state index in [1.54, 1.807) is 13.0 Å². The van der Waals surface area contributed by atoms with E-state index < -0.39 is 22.2 Å². The van der Waals surface area contributed by atoms with Crippen LogP contribution < -0.4 is 10.5 Å². The molecule has 0 unspecified atom stereocenters. The summed E-state index contributed by atoms with van der Waals surface area (Å²) in [6, 6.07) is 20.3. The van der Waals surface area contributed by atoms with Gasteiger partial charge in [0.1, 0.15) is 6.61 Å². The second-order valence-electron chi connectivity index (χ2n) is 7.42. The van der Waals surface area contributed by atoms with Crippen molar-refractivity contribution in [3.05, 3.63) is 87.9 Å². The van der Waals surface area contributed by atoms with E-state index in [4.69, 9.17) is 9.88 Å². The van der Waals surface area contributed by atoms with Crippen LogP contribution in [0.5, 0.6) is 0 Å². The molecular formula is C23H21BrN2O4S. The summed E-state index contributed by atoms with van der Waals surface area (Å²) in [5.74, 6) is -0.0192. The monoisotopic (exact) mass is 500 g/mol. The van der Waals surface area contributed by atoms with Crippen molar-refractivity contribution < 1.29 is 17.9 Å². The molecule has 3 aromatic carbocycles. The van der Waals surface area contributed by atoms with Crippen molar-refractivity contribution in [2.45, 2.75) is 23.8 Å². The van der Waals surface area contributed by atoms with E-state index in [-0.39, 0.29) is 17.4 Å². The molecule has 3 N–H and O–H groups in total. The average molecular weight is 501 g/mol. The van der Waals surface area contributed by atoms with Gasteiger partial charge in [-0.15, -0.1) is 0 Å². The van der Waals surface area contributed by atoms with Gasteiger partial charge in [0.15, 0.2) is 0 Å². The van der Waals surface area contributed by atoms with Gasteiger partial charge in [0.05, 0.1) is 10.9 Å². The molecule has 0 radical (unpaired) electrons. The van der Waals surface area contributed by atoms with Gasteiger partial charge in [0.2, 0.25) is 10.0 Å². The number of ether oxygens (including phenoxy) is 1. The number of nitrogens with one attached hydrogen (secondary N) is 1. The van der Waals surface area contributed by atoms with Gasteiger partial charge < -0.3 is 10.1 Å². The first-order valence-electron chi connectivity index (χ1n) is 9.69. The van der Waals surface area contributed by atoms with Crippen molar-refractivity contribution in [3.63, 3.8) is 0 Å². The molecule has 0 saturated heterocycles. The Labute approximate surface area is 189 Å². The summed E-state index contributed by atoms with van der Waals surface area (Å²) in [5, 5.41) is 7.96. The maximum absolute atomic E-state index is 12.5. The number of rotatable bonds is 5. The molecule has 0 saturated carbocycles. The molecule has 0 heterocycles. The quantitative estimate of drug-likeness (QED) is 0.530. The molecule has 0 aromatic heterocycles. The number of hydrogen-bond acceptors (Lipinski definition) is 4. The molecule has 1 atom stereocenters. The zero-order chi connectivity index (χ0) is 22.2. The summed E-state index contributed by atoms with van der Waals surface area (Å²) >= 11 is 3.35. The minimum absolute atomic E-state index is 0.00327. The first kappa shape index (κ1) is 21.5. The molecule has 0 aliphatic heterocycles. The van der Waals surface area contributed by atoms with Gasteiger partial charge in [-0.3, -0.25) is 0 Å². The van der Waals surface area contributed by atoms with E-state index in [0.29, 0.717) is 10.0 Å². The van der Waals surface area contributed by atoms with Gasteiger partial charge in [-0.05, 0) is 46.9 Å². The number of amides is 1. The van der Waals surface area contributed by atoms with Gasteiger partial charge in [-0.1, -0.05) is 70.5 Å². The highest BCUT2D eigenvalue weighted by atomic mass is 79.9. The third kappa shape index (κ3) is 4.37. The number of primary sulfonamides is 1. The van der Waals surface area contributed by atoms with E-state index in [1.165, 1.54) is 23.3 Å². The largest absolute Gasteiger partial charge is 0.449 e. The number of fused-ring (bicyclic) bond motifs is 3. The van der Waals surface area contributed by atoms with E-state index in [2.05, 4.69) is 45.5 Å². The van der Waals surface area contributed by atoms with Gasteiger partial charge in [-0.2, -0.15) is 0 Å². The van der Waals surface area contributed by atoms with Crippen LogP contribution in [0.2, 0.25) is 0 Å². The van der Waals surface area contributed by atoms with E-state index in [9.17, 15) is 13.2 Å². The number of hydrogen-bond donors (Lipinski definition) is 2. The Kier molecular flexibility index (Phi) is 5.88. The third-order valence-electron chi connectivity index (χ3n) is 5.44. The second-order valence-corrected chi connectivity index (χ2v) is 9.84. The number of alkyl carbamates (subject to hydrolysis) is 1. The summed E-state index contributed by atoms with van der Waals surface area (Å²) in [6.07, 6.45) is -0.545. The number of sulfonamides is 1. The Hall–Kier alpha value is -2.68. The molecular weight excluding hydrogens is 480 g/mol. The Morgan fingerprint density at radius 3 is 2.19 bits per heavy atom. The normalized spacial score (nSPS) is 13.9. The molecule has 4 rings (SSSR count). The maximum Gasteiger partial charge on any atom is 0.407 e. The third-order valence-corrected chi connectivity index (χ3v) is 7.04. The first-order chi connectivity index (χ1) is 14.8. The van der Waals surface area contributed by atoms with Gasteiger partial charge in [0.25, 0.3) is 0 Å². The zero-order valence-corrected chi connectivity index (χ0v) is 19.1. The fraction of sp³-hybridized carbons (Fsp3) is 0.174. The molecule has 0 spiro atoms. The molecule has 31 heavy (non-hydrogen) atoms. The van der Waals surface area contributed by atoms with Gasteiger partial charge >= 0.3 is 6.09 Å². The van der Waals surface area contributed by atoms with Crippen LogP contribution >= 0.6 is 15.9 Å². The van der Waals surface area contributed by atoms with Crippen LogP contribution in [0.3, 0.4) is 0 Å². The molecule has 1 amide bonds. The highest BCUT2D eigenvalue weighted by Gasteiger charge is 2.29. The number of halogens is 1. The number of nitrogens with two attached hydrogens (primary N) is 1. The lowest BCUT2D eigenvalue weighted by Gasteiger charge is -2.18. The lowest BCUT2D eigenvalue weighted by molar-refractivity contribution is 0.139. The van der Waals surface area contributed by atoms with Gasteiger partial charge in [-0.25, -0.2) is 18.4 Å². The van der Waals surface area contributed by atoms with Crippen LogP contribution in [0.25, 0.3) is 11.1 Å². The summed E-state index contributed by atoms with van der Waals surface area (Å²) in [6.45, 7) is 2.01. The van der Waals surface area contributed by atoms with Crippen LogP contribution in [-0.2, 0) is 14.8 Å². The van der Waals surface area contributed by atoms with E-state index in [0.717, 1.165) is 11.1 Å². The standard InChI is InChI=1S/C23H21BrN2O4S/c1-14(16-11-10-15(12-22(16)24)31(25,28)29)26-23(27)30-13-21-19-8-4-2-6-17(19)18-7-3-5-9-20(18)21/h2-12,14,21H,13H2,1H3,(H,26,27)(H2,25,28,29)/t14-/m0/s1. The van der Waals surface area contributed by atoms with Crippen molar-refractivity contribution in [1.82, 2.24) is 5.32 Å². The van der Waals surface area contributed by atoms with Crippen LogP contribution in [0, 0.1) is 0 Å². The summed E-state index contributed by atoms with van der Waals surface area (Å²) < 4.78 is 29.1. The van der Waals surface area contributed by atoms with Crippen LogP contribution in [0.15, 0.2) is 76.1 Å². The summed E-state index contributed by atoms with van der Waals surface area (Å²) in [4.78, 5) is 12.5. The van der Waals surface area contributed by atoms with Crippen molar-refractivity contribution in [2.24, 2.45) is 5.14 Å². The fourth-order valence-corrected chi connectivity index (χ4v) is 5.34. The molecule has 0 fully saturated rings. The Morgan fingerprint density at radius 2 is 1.65 bits per heavy atom. The molecule has 160 valence electrons. The Balaban J connectivity index is 1.44. The van der Waals surface area contributed by atoms with Crippen LogP contribution in [-0.4, -0.2) is 21.1 Å². The van der Waals surface area contributed by atoms with Crippen molar-refractivity contribution in [1.29, 1.82) is 0 Å². The van der Waals surface area contributed by atoms with Gasteiger partial charge in [0, 0.05) is 10.4 Å². The topological polar surface area (TPSA) is 98.5 Å². The van der Waals surface area contributed by atoms with Crippen molar-refractivity contribution >= 4 is 32.0 Å².